The summed E-state index contributed by atoms with van der Waals surface area (Å²) in [6.07, 6.45) is 0. The molecule has 0 aliphatic rings. The molecule has 0 saturated carbocycles. The lowest BCUT2D eigenvalue weighted by molar-refractivity contribution is -0.119. The van der Waals surface area contributed by atoms with Crippen LogP contribution in [0.1, 0.15) is 0 Å². The average Bonchev–Trinajstić information content (AvgIpc) is 2.94. The summed E-state index contributed by atoms with van der Waals surface area (Å²) in [5, 5.41) is 7.40. The molecule has 22 heavy (non-hydrogen) atoms. The maximum Gasteiger partial charge on any atom is 0.253 e. The molecule has 120 valence electrons. The van der Waals surface area contributed by atoms with E-state index in [1.165, 1.54) is 26.2 Å². The van der Waals surface area contributed by atoms with Crippen molar-refractivity contribution in [1.29, 1.82) is 0 Å². The second-order valence-electron chi connectivity index (χ2n) is 4.76. The maximum absolute atomic E-state index is 12.3. The van der Waals surface area contributed by atoms with Gasteiger partial charge in [0.2, 0.25) is 10.0 Å². The molecule has 10 nitrogen and oxygen atoms in total. The molecule has 1 amide bonds. The van der Waals surface area contributed by atoms with E-state index < -0.39 is 15.9 Å². The summed E-state index contributed by atoms with van der Waals surface area (Å²) in [6, 6.07) is 2.93. The van der Waals surface area contributed by atoms with Crippen LogP contribution in [-0.4, -0.2) is 56.6 Å². The number of nitrogens with zero attached hydrogens (tertiary/aromatic N) is 4. The molecule has 0 bridgehead atoms. The van der Waals surface area contributed by atoms with E-state index in [2.05, 4.69) is 14.9 Å². The number of benzene rings is 1. The fraction of sp³-hybridized carbons (Fsp3) is 0.364. The third kappa shape index (κ3) is 2.73. The first kappa shape index (κ1) is 16.1. The van der Waals surface area contributed by atoms with Crippen LogP contribution in [0.4, 0.5) is 5.69 Å². The van der Waals surface area contributed by atoms with Gasteiger partial charge in [0.1, 0.15) is 4.90 Å². The van der Waals surface area contributed by atoms with Crippen molar-refractivity contribution in [3.8, 4) is 0 Å². The molecule has 0 aliphatic heterocycles. The van der Waals surface area contributed by atoms with E-state index in [1.54, 1.807) is 11.9 Å². The summed E-state index contributed by atoms with van der Waals surface area (Å²) < 4.78 is 30.3. The lowest BCUT2D eigenvalue weighted by atomic mass is 10.2. The van der Waals surface area contributed by atoms with Crippen LogP contribution in [0.15, 0.2) is 21.7 Å². The monoisotopic (exact) mass is 328 g/mol. The Morgan fingerprint density at radius 1 is 1.27 bits per heavy atom. The Morgan fingerprint density at radius 2 is 1.91 bits per heavy atom. The Labute approximate surface area is 126 Å². The first-order valence-electron chi connectivity index (χ1n) is 6.17. The zero-order chi connectivity index (χ0) is 16.5. The van der Waals surface area contributed by atoms with Gasteiger partial charge in [-0.15, -0.1) is 0 Å². The van der Waals surface area contributed by atoms with Crippen molar-refractivity contribution in [2.24, 2.45) is 5.84 Å². The Bertz CT molecular complexity index is 800. The summed E-state index contributed by atoms with van der Waals surface area (Å²) in [6.45, 7) is -0.0295. The number of aromatic nitrogens is 2. The van der Waals surface area contributed by atoms with Gasteiger partial charge in [0.15, 0.2) is 11.0 Å². The highest BCUT2D eigenvalue weighted by Gasteiger charge is 2.25. The second-order valence-corrected chi connectivity index (χ2v) is 6.88. The fourth-order valence-corrected chi connectivity index (χ4v) is 2.90. The topological polar surface area (TPSA) is 135 Å². The van der Waals surface area contributed by atoms with E-state index in [-0.39, 0.29) is 22.5 Å². The van der Waals surface area contributed by atoms with Crippen LogP contribution in [0.5, 0.6) is 0 Å². The van der Waals surface area contributed by atoms with Crippen molar-refractivity contribution < 1.29 is 17.8 Å². The lowest BCUT2D eigenvalue weighted by Gasteiger charge is -2.19. The molecule has 1 aromatic heterocycles. The van der Waals surface area contributed by atoms with Gasteiger partial charge in [-0.3, -0.25) is 10.2 Å². The largest absolute Gasteiger partial charge is 0.363 e. The van der Waals surface area contributed by atoms with Crippen LogP contribution in [0, 0.1) is 0 Å². The number of anilines is 1. The third-order valence-corrected chi connectivity index (χ3v) is 4.92. The van der Waals surface area contributed by atoms with E-state index in [1.807, 2.05) is 5.43 Å². The number of rotatable bonds is 5. The molecule has 3 N–H and O–H groups in total. The maximum atomic E-state index is 12.3. The highest BCUT2D eigenvalue weighted by molar-refractivity contribution is 7.89. The molecule has 0 fully saturated rings. The van der Waals surface area contributed by atoms with E-state index >= 15 is 0 Å². The van der Waals surface area contributed by atoms with E-state index in [9.17, 15) is 13.2 Å². The summed E-state index contributed by atoms with van der Waals surface area (Å²) in [5.74, 6) is 4.64. The first-order chi connectivity index (χ1) is 10.3. The highest BCUT2D eigenvalue weighted by Crippen LogP contribution is 2.29. The molecule has 1 aromatic carbocycles. The van der Waals surface area contributed by atoms with Gasteiger partial charge in [-0.1, -0.05) is 0 Å². The van der Waals surface area contributed by atoms with Crippen LogP contribution in [0.25, 0.3) is 11.0 Å². The molecule has 0 unspecified atom stereocenters. The normalized spacial score (nSPS) is 11.9. The van der Waals surface area contributed by atoms with Crippen LogP contribution in [-0.2, 0) is 14.8 Å². The third-order valence-electron chi connectivity index (χ3n) is 3.07. The SMILES string of the molecule is CN(CC(=O)NN)c1ccc(S(=O)(=O)N(C)C)c2nonc12. The van der Waals surface area contributed by atoms with Crippen molar-refractivity contribution in [2.45, 2.75) is 4.90 Å². The molecule has 1 heterocycles. The van der Waals surface area contributed by atoms with Crippen molar-refractivity contribution in [2.75, 3.05) is 32.6 Å². The van der Waals surface area contributed by atoms with Crippen LogP contribution < -0.4 is 16.2 Å². The van der Waals surface area contributed by atoms with Gasteiger partial charge in [0.05, 0.1) is 12.2 Å². The van der Waals surface area contributed by atoms with Gasteiger partial charge in [0.25, 0.3) is 5.91 Å². The Kier molecular flexibility index (Phi) is 4.30. The van der Waals surface area contributed by atoms with Crippen molar-refractivity contribution >= 4 is 32.7 Å². The van der Waals surface area contributed by atoms with Gasteiger partial charge in [-0.25, -0.2) is 23.2 Å². The molecule has 0 atom stereocenters. The minimum Gasteiger partial charge on any atom is -0.363 e. The summed E-state index contributed by atoms with van der Waals surface area (Å²) in [5.41, 5.74) is 2.86. The number of sulfonamides is 1. The van der Waals surface area contributed by atoms with Gasteiger partial charge in [-0.05, 0) is 22.4 Å². The molecule has 0 spiro atoms. The smallest absolute Gasteiger partial charge is 0.253 e. The molecular weight excluding hydrogens is 312 g/mol. The van der Waals surface area contributed by atoms with Gasteiger partial charge in [-0.2, -0.15) is 0 Å². The summed E-state index contributed by atoms with van der Waals surface area (Å²) in [4.78, 5) is 12.9. The van der Waals surface area contributed by atoms with Crippen molar-refractivity contribution in [1.82, 2.24) is 20.0 Å². The zero-order valence-electron chi connectivity index (χ0n) is 12.3. The first-order valence-corrected chi connectivity index (χ1v) is 7.61. The number of likely N-dealkylation sites (N-methyl/N-ethyl adjacent to an activating group) is 1. The number of nitrogens with two attached hydrogens (primary N) is 1. The van der Waals surface area contributed by atoms with Gasteiger partial charge >= 0.3 is 0 Å². The number of fused-ring (bicyclic) bond motifs is 1. The minimum atomic E-state index is -3.69. The van der Waals surface area contributed by atoms with E-state index in [4.69, 9.17) is 5.84 Å². The zero-order valence-corrected chi connectivity index (χ0v) is 13.1. The average molecular weight is 328 g/mol. The van der Waals surface area contributed by atoms with Crippen molar-refractivity contribution in [3.63, 3.8) is 0 Å². The Hall–Kier alpha value is -2.24. The van der Waals surface area contributed by atoms with Gasteiger partial charge in [0, 0.05) is 21.1 Å². The van der Waals surface area contributed by atoms with Gasteiger partial charge < -0.3 is 4.90 Å². The van der Waals surface area contributed by atoms with E-state index in [0.717, 1.165) is 4.31 Å². The Balaban J connectivity index is 2.55. The minimum absolute atomic E-state index is 0.0193. The molecule has 2 aromatic rings. The predicted octanol–water partition coefficient (Wildman–Crippen LogP) is -1.10. The number of amides is 1. The van der Waals surface area contributed by atoms with E-state index in [0.29, 0.717) is 5.69 Å². The van der Waals surface area contributed by atoms with Crippen LogP contribution >= 0.6 is 0 Å². The number of hydrazine groups is 1. The molecule has 11 heteroatoms. The molecule has 2 rings (SSSR count). The van der Waals surface area contributed by atoms with Crippen molar-refractivity contribution in [3.05, 3.63) is 12.1 Å². The number of carbonyl (C=O) groups excluding carboxylic acids is 1. The van der Waals surface area contributed by atoms with Crippen LogP contribution in [0.2, 0.25) is 0 Å². The standard InChI is InChI=1S/C11H16N6O4S/c1-16(2)22(19,20)8-5-4-7(10-11(8)15-21-14-10)17(3)6-9(18)13-12/h4-5H,6,12H2,1-3H3,(H,13,18). The number of hydrogen-bond acceptors (Lipinski definition) is 8. The Morgan fingerprint density at radius 3 is 2.50 bits per heavy atom. The predicted molar refractivity (Wildman–Crippen MR) is 78.3 cm³/mol. The number of nitrogens with one attached hydrogen (secondary N) is 1. The molecule has 0 saturated heterocycles. The molecule has 0 radical (unpaired) electrons. The fourth-order valence-electron chi connectivity index (χ4n) is 1.89. The van der Waals surface area contributed by atoms with Crippen LogP contribution in [0.3, 0.4) is 0 Å². The number of carbonyl (C=O) groups is 1. The second kappa shape index (κ2) is 5.87. The lowest BCUT2D eigenvalue weighted by Crippen LogP contribution is -2.39. The highest BCUT2D eigenvalue weighted by atomic mass is 32.2. The molecular formula is C11H16N6O4S. The quantitative estimate of drug-likeness (QED) is 0.401. The number of hydrogen-bond donors (Lipinski definition) is 2. The molecule has 0 aliphatic carbocycles. The summed E-state index contributed by atoms with van der Waals surface area (Å²) >= 11 is 0. The summed E-state index contributed by atoms with van der Waals surface area (Å²) in [7, 11) is 0.781.